The number of carbonyl (C=O) groups is 1. The van der Waals surface area contributed by atoms with Crippen LogP contribution in [0.5, 0.6) is 0 Å². The Hall–Kier alpha value is -1.66. The summed E-state index contributed by atoms with van der Waals surface area (Å²) < 4.78 is 0. The van der Waals surface area contributed by atoms with Crippen LogP contribution in [0.15, 0.2) is 18.2 Å². The quantitative estimate of drug-likeness (QED) is 0.479. The second-order valence-corrected chi connectivity index (χ2v) is 4.06. The van der Waals surface area contributed by atoms with Crippen LogP contribution in [0.4, 0.5) is 5.69 Å². The maximum absolute atomic E-state index is 11.7. The highest BCUT2D eigenvalue weighted by Crippen LogP contribution is 2.19. The molecule has 1 aromatic rings. The second-order valence-electron chi connectivity index (χ2n) is 3.65. The Kier molecular flexibility index (Phi) is 5.38. The Morgan fingerprint density at radius 3 is 2.88 bits per heavy atom. The van der Waals surface area contributed by atoms with E-state index in [0.717, 1.165) is 19.3 Å². The Morgan fingerprint density at radius 1 is 1.47 bits per heavy atom. The fourth-order valence-electron chi connectivity index (χ4n) is 1.32. The topological polar surface area (TPSA) is 55.1 Å². The van der Waals surface area contributed by atoms with Gasteiger partial charge >= 0.3 is 0 Å². The molecule has 0 saturated carbocycles. The van der Waals surface area contributed by atoms with Crippen LogP contribution in [0.3, 0.4) is 0 Å². The predicted octanol–water partition coefficient (Wildman–Crippen LogP) is 2.46. The van der Waals surface area contributed by atoms with Crippen molar-refractivity contribution in [3.05, 3.63) is 28.8 Å². The molecule has 0 spiro atoms. The number of unbranched alkanes of at least 4 members (excludes halogenated alkanes) is 2. The first-order chi connectivity index (χ1) is 8.15. The summed E-state index contributed by atoms with van der Waals surface area (Å²) in [7, 11) is 0. The lowest BCUT2D eigenvalue weighted by Gasteiger charge is -2.05. The third-order valence-corrected chi connectivity index (χ3v) is 2.62. The molecule has 1 aromatic carbocycles. The Balaban J connectivity index is 2.42. The minimum Gasteiger partial charge on any atom is -0.398 e. The molecule has 17 heavy (non-hydrogen) atoms. The Labute approximate surface area is 106 Å². The molecule has 0 aromatic heterocycles. The van der Waals surface area contributed by atoms with E-state index >= 15 is 0 Å². The fraction of sp³-hybridized carbons (Fsp3) is 0.308. The van der Waals surface area contributed by atoms with E-state index in [2.05, 4.69) is 11.2 Å². The lowest BCUT2D eigenvalue weighted by Crippen LogP contribution is -2.24. The first kappa shape index (κ1) is 13.4. The van der Waals surface area contributed by atoms with Crippen LogP contribution < -0.4 is 11.1 Å². The number of rotatable bonds is 5. The van der Waals surface area contributed by atoms with E-state index in [-0.39, 0.29) is 5.91 Å². The number of hydrogen-bond donors (Lipinski definition) is 2. The number of anilines is 1. The second kappa shape index (κ2) is 6.82. The zero-order valence-electron chi connectivity index (χ0n) is 9.50. The number of benzene rings is 1. The Morgan fingerprint density at radius 2 is 2.24 bits per heavy atom. The smallest absolute Gasteiger partial charge is 0.251 e. The number of carbonyl (C=O) groups excluding carboxylic acids is 1. The summed E-state index contributed by atoms with van der Waals surface area (Å²) in [5, 5.41) is 3.19. The molecule has 0 radical (unpaired) electrons. The lowest BCUT2D eigenvalue weighted by atomic mass is 10.2. The largest absolute Gasteiger partial charge is 0.398 e. The van der Waals surface area contributed by atoms with Gasteiger partial charge < -0.3 is 11.1 Å². The van der Waals surface area contributed by atoms with E-state index in [1.165, 1.54) is 0 Å². The van der Waals surface area contributed by atoms with Gasteiger partial charge in [-0.2, -0.15) is 0 Å². The minimum atomic E-state index is -0.146. The van der Waals surface area contributed by atoms with Crippen molar-refractivity contribution in [1.29, 1.82) is 0 Å². The highest BCUT2D eigenvalue weighted by atomic mass is 35.5. The van der Waals surface area contributed by atoms with Crippen molar-refractivity contribution in [3.63, 3.8) is 0 Å². The molecule has 3 N–H and O–H groups in total. The molecule has 0 aliphatic heterocycles. The summed E-state index contributed by atoms with van der Waals surface area (Å²) in [6.45, 7) is 0.614. The molecule has 3 nitrogen and oxygen atoms in total. The van der Waals surface area contributed by atoms with Crippen LogP contribution in [0.2, 0.25) is 5.02 Å². The van der Waals surface area contributed by atoms with Crippen LogP contribution in [0.25, 0.3) is 0 Å². The molecule has 0 fully saturated rings. The van der Waals surface area contributed by atoms with Gasteiger partial charge in [0, 0.05) is 18.5 Å². The molecule has 1 amide bonds. The van der Waals surface area contributed by atoms with Crippen molar-refractivity contribution in [2.45, 2.75) is 19.3 Å². The lowest BCUT2D eigenvalue weighted by molar-refractivity contribution is 0.0953. The number of terminal acetylenes is 1. The number of halogens is 1. The third kappa shape index (κ3) is 4.38. The van der Waals surface area contributed by atoms with Crippen molar-refractivity contribution in [3.8, 4) is 12.3 Å². The van der Waals surface area contributed by atoms with Crippen LogP contribution in [-0.2, 0) is 0 Å². The maximum atomic E-state index is 11.7. The van der Waals surface area contributed by atoms with Gasteiger partial charge in [0.1, 0.15) is 0 Å². The summed E-state index contributed by atoms with van der Waals surface area (Å²) in [5.41, 5.74) is 6.55. The van der Waals surface area contributed by atoms with Gasteiger partial charge in [-0.3, -0.25) is 4.79 Å². The average molecular weight is 251 g/mol. The average Bonchev–Trinajstić information content (AvgIpc) is 2.32. The van der Waals surface area contributed by atoms with Crippen molar-refractivity contribution in [2.24, 2.45) is 0 Å². The highest BCUT2D eigenvalue weighted by Gasteiger charge is 2.06. The van der Waals surface area contributed by atoms with Gasteiger partial charge in [-0.05, 0) is 31.0 Å². The van der Waals surface area contributed by atoms with Gasteiger partial charge in [0.15, 0.2) is 0 Å². The molecule has 0 bridgehead atoms. The molecule has 0 saturated heterocycles. The molecular weight excluding hydrogens is 236 g/mol. The third-order valence-electron chi connectivity index (χ3n) is 2.30. The van der Waals surface area contributed by atoms with E-state index in [1.807, 2.05) is 0 Å². The molecule has 90 valence electrons. The SMILES string of the molecule is C#CCCCCNC(=O)c1ccc(N)c(Cl)c1. The number of nitrogens with one attached hydrogen (secondary N) is 1. The maximum Gasteiger partial charge on any atom is 0.251 e. The van der Waals surface area contributed by atoms with Gasteiger partial charge in [-0.15, -0.1) is 12.3 Å². The van der Waals surface area contributed by atoms with E-state index in [4.69, 9.17) is 23.8 Å². The molecule has 0 unspecified atom stereocenters. The predicted molar refractivity (Wildman–Crippen MR) is 70.9 cm³/mol. The van der Waals surface area contributed by atoms with Gasteiger partial charge in [0.2, 0.25) is 0 Å². The number of nitrogens with two attached hydrogens (primary N) is 1. The minimum absolute atomic E-state index is 0.146. The van der Waals surface area contributed by atoms with Crippen LogP contribution >= 0.6 is 11.6 Å². The van der Waals surface area contributed by atoms with Crippen LogP contribution in [-0.4, -0.2) is 12.5 Å². The number of amides is 1. The normalized spacial score (nSPS) is 9.65. The summed E-state index contributed by atoms with van der Waals surface area (Å²) in [4.78, 5) is 11.7. The molecule has 0 atom stereocenters. The number of nitrogen functional groups attached to an aromatic ring is 1. The molecular formula is C13H15ClN2O. The number of hydrogen-bond acceptors (Lipinski definition) is 2. The molecule has 0 aliphatic rings. The van der Waals surface area contributed by atoms with E-state index in [9.17, 15) is 4.79 Å². The zero-order valence-corrected chi connectivity index (χ0v) is 10.3. The molecule has 4 heteroatoms. The van der Waals surface area contributed by atoms with Crippen molar-refractivity contribution < 1.29 is 4.79 Å². The fourth-order valence-corrected chi connectivity index (χ4v) is 1.50. The summed E-state index contributed by atoms with van der Waals surface area (Å²) in [5.74, 6) is 2.41. The Bertz CT molecular complexity index is 438. The van der Waals surface area contributed by atoms with Crippen molar-refractivity contribution in [1.82, 2.24) is 5.32 Å². The van der Waals surface area contributed by atoms with E-state index in [1.54, 1.807) is 18.2 Å². The first-order valence-corrected chi connectivity index (χ1v) is 5.79. The van der Waals surface area contributed by atoms with E-state index in [0.29, 0.717) is 22.8 Å². The monoisotopic (exact) mass is 250 g/mol. The molecule has 0 heterocycles. The standard InChI is InChI=1S/C13H15ClN2O/c1-2-3-4-5-8-16-13(17)10-6-7-12(15)11(14)9-10/h1,6-7,9H,3-5,8,15H2,(H,16,17). The summed E-state index contributed by atoms with van der Waals surface area (Å²) >= 11 is 5.83. The highest BCUT2D eigenvalue weighted by molar-refractivity contribution is 6.33. The van der Waals surface area contributed by atoms with Crippen LogP contribution in [0.1, 0.15) is 29.6 Å². The van der Waals surface area contributed by atoms with Crippen molar-refractivity contribution >= 4 is 23.2 Å². The zero-order chi connectivity index (χ0) is 12.7. The van der Waals surface area contributed by atoms with E-state index < -0.39 is 0 Å². The summed E-state index contributed by atoms with van der Waals surface area (Å²) in [6, 6.07) is 4.83. The van der Waals surface area contributed by atoms with Crippen LogP contribution in [0, 0.1) is 12.3 Å². The first-order valence-electron chi connectivity index (χ1n) is 5.42. The van der Waals surface area contributed by atoms with Gasteiger partial charge in [-0.25, -0.2) is 0 Å². The van der Waals surface area contributed by atoms with Crippen molar-refractivity contribution in [2.75, 3.05) is 12.3 Å². The summed E-state index contributed by atoms with van der Waals surface area (Å²) in [6.07, 6.45) is 7.66. The van der Waals surface area contributed by atoms with Gasteiger partial charge in [-0.1, -0.05) is 11.6 Å². The molecule has 1 rings (SSSR count). The van der Waals surface area contributed by atoms with Gasteiger partial charge in [0.05, 0.1) is 10.7 Å². The molecule has 0 aliphatic carbocycles. The van der Waals surface area contributed by atoms with Gasteiger partial charge in [0.25, 0.3) is 5.91 Å².